The van der Waals surface area contributed by atoms with Crippen LogP contribution >= 0.6 is 0 Å². The van der Waals surface area contributed by atoms with E-state index in [-0.39, 0.29) is 6.10 Å². The summed E-state index contributed by atoms with van der Waals surface area (Å²) in [7, 11) is 0. The van der Waals surface area contributed by atoms with Crippen molar-refractivity contribution in [2.24, 2.45) is 5.41 Å². The number of β-amino-alcohol motifs (C(OH)–C–C–N with tert-alkyl or cyclic N) is 1. The molecule has 1 saturated carbocycles. The van der Waals surface area contributed by atoms with Gasteiger partial charge in [0.1, 0.15) is 0 Å². The van der Waals surface area contributed by atoms with Crippen molar-refractivity contribution >= 4 is 0 Å². The van der Waals surface area contributed by atoms with Gasteiger partial charge in [0, 0.05) is 32.7 Å². The lowest BCUT2D eigenvalue weighted by molar-refractivity contribution is 0.0148. The standard InChI is InChI=1S/C12H24N2O2/c1-12(2-3-12)10-13-8-11(15)9-14-4-6-16-7-5-14/h11,13,15H,2-10H2,1H3. The first-order valence-corrected chi connectivity index (χ1v) is 6.37. The summed E-state index contributed by atoms with van der Waals surface area (Å²) in [6, 6.07) is 0. The van der Waals surface area contributed by atoms with Crippen LogP contribution in [0, 0.1) is 5.41 Å². The number of ether oxygens (including phenoxy) is 1. The number of aliphatic hydroxyl groups is 1. The van der Waals surface area contributed by atoms with Gasteiger partial charge >= 0.3 is 0 Å². The molecule has 2 rings (SSSR count). The number of nitrogens with one attached hydrogen (secondary N) is 1. The highest BCUT2D eigenvalue weighted by atomic mass is 16.5. The van der Waals surface area contributed by atoms with Crippen molar-refractivity contribution < 1.29 is 9.84 Å². The normalized spacial score (nSPS) is 26.6. The maximum Gasteiger partial charge on any atom is 0.0791 e. The van der Waals surface area contributed by atoms with Crippen LogP contribution in [0.2, 0.25) is 0 Å². The zero-order valence-corrected chi connectivity index (χ0v) is 10.2. The fourth-order valence-electron chi connectivity index (χ4n) is 2.08. The molecule has 0 spiro atoms. The van der Waals surface area contributed by atoms with Crippen LogP contribution in [-0.2, 0) is 4.74 Å². The summed E-state index contributed by atoms with van der Waals surface area (Å²) in [5, 5.41) is 13.2. The zero-order chi connectivity index (χ0) is 11.4. The molecule has 1 saturated heterocycles. The molecule has 1 aliphatic carbocycles. The van der Waals surface area contributed by atoms with Gasteiger partial charge in [0.2, 0.25) is 0 Å². The Kier molecular flexibility index (Phi) is 4.19. The van der Waals surface area contributed by atoms with Gasteiger partial charge in [-0.15, -0.1) is 0 Å². The molecular weight excluding hydrogens is 204 g/mol. The molecule has 4 heteroatoms. The van der Waals surface area contributed by atoms with Crippen LogP contribution in [0.1, 0.15) is 19.8 Å². The number of nitrogens with zero attached hydrogens (tertiary/aromatic N) is 1. The predicted octanol–water partition coefficient (Wildman–Crippen LogP) is 0.0692. The minimum Gasteiger partial charge on any atom is -0.390 e. The third-order valence-corrected chi connectivity index (χ3v) is 3.61. The van der Waals surface area contributed by atoms with Crippen molar-refractivity contribution in [2.45, 2.75) is 25.9 Å². The van der Waals surface area contributed by atoms with E-state index in [1.54, 1.807) is 0 Å². The van der Waals surface area contributed by atoms with Crippen molar-refractivity contribution in [2.75, 3.05) is 45.9 Å². The average Bonchev–Trinajstić information content (AvgIpc) is 2.98. The van der Waals surface area contributed by atoms with Crippen molar-refractivity contribution in [1.82, 2.24) is 10.2 Å². The Bertz CT molecular complexity index is 213. The highest BCUT2D eigenvalue weighted by molar-refractivity contribution is 4.90. The van der Waals surface area contributed by atoms with E-state index in [1.165, 1.54) is 12.8 Å². The van der Waals surface area contributed by atoms with E-state index in [4.69, 9.17) is 4.74 Å². The third kappa shape index (κ3) is 4.01. The molecule has 0 aromatic carbocycles. The van der Waals surface area contributed by atoms with E-state index in [0.717, 1.165) is 39.4 Å². The topological polar surface area (TPSA) is 44.7 Å². The van der Waals surface area contributed by atoms with Gasteiger partial charge in [0.25, 0.3) is 0 Å². The van der Waals surface area contributed by atoms with Crippen molar-refractivity contribution in [3.8, 4) is 0 Å². The summed E-state index contributed by atoms with van der Waals surface area (Å²) >= 11 is 0. The molecule has 16 heavy (non-hydrogen) atoms. The van der Waals surface area contributed by atoms with E-state index in [1.807, 2.05) is 0 Å². The summed E-state index contributed by atoms with van der Waals surface area (Å²) in [6.45, 7) is 8.35. The smallest absolute Gasteiger partial charge is 0.0791 e. The summed E-state index contributed by atoms with van der Waals surface area (Å²) in [4.78, 5) is 2.27. The molecule has 1 unspecified atom stereocenters. The minimum absolute atomic E-state index is 0.250. The Morgan fingerprint density at radius 2 is 2.06 bits per heavy atom. The first kappa shape index (κ1) is 12.3. The van der Waals surface area contributed by atoms with E-state index in [0.29, 0.717) is 12.0 Å². The second-order valence-electron chi connectivity index (χ2n) is 5.51. The van der Waals surface area contributed by atoms with E-state index in [9.17, 15) is 5.11 Å². The van der Waals surface area contributed by atoms with Crippen LogP contribution in [-0.4, -0.2) is 62.0 Å². The highest BCUT2D eigenvalue weighted by Gasteiger charge is 2.36. The quantitative estimate of drug-likeness (QED) is 0.675. The predicted molar refractivity (Wildman–Crippen MR) is 63.5 cm³/mol. The molecule has 0 aromatic rings. The SMILES string of the molecule is CC1(CNCC(O)CN2CCOCC2)CC1. The van der Waals surface area contributed by atoms with E-state index >= 15 is 0 Å². The summed E-state index contributed by atoms with van der Waals surface area (Å²) in [5.41, 5.74) is 0.526. The molecule has 4 nitrogen and oxygen atoms in total. The van der Waals surface area contributed by atoms with Crippen LogP contribution in [0.15, 0.2) is 0 Å². The van der Waals surface area contributed by atoms with Gasteiger partial charge in [-0.2, -0.15) is 0 Å². The summed E-state index contributed by atoms with van der Waals surface area (Å²) < 4.78 is 5.28. The van der Waals surface area contributed by atoms with Crippen LogP contribution in [0.25, 0.3) is 0 Å². The van der Waals surface area contributed by atoms with Crippen LogP contribution < -0.4 is 5.32 Å². The van der Waals surface area contributed by atoms with Crippen LogP contribution in [0.5, 0.6) is 0 Å². The molecular formula is C12H24N2O2. The molecule has 0 radical (unpaired) electrons. The van der Waals surface area contributed by atoms with Crippen LogP contribution in [0.3, 0.4) is 0 Å². The monoisotopic (exact) mass is 228 g/mol. The van der Waals surface area contributed by atoms with Gasteiger partial charge < -0.3 is 15.2 Å². The van der Waals surface area contributed by atoms with Gasteiger partial charge in [-0.3, -0.25) is 4.90 Å². The van der Waals surface area contributed by atoms with Gasteiger partial charge in [-0.1, -0.05) is 6.92 Å². The summed E-state index contributed by atoms with van der Waals surface area (Å²) in [6.07, 6.45) is 2.42. The number of morpholine rings is 1. The lowest BCUT2D eigenvalue weighted by Gasteiger charge is -2.28. The fraction of sp³-hybridized carbons (Fsp3) is 1.00. The number of aliphatic hydroxyl groups excluding tert-OH is 1. The second-order valence-corrected chi connectivity index (χ2v) is 5.51. The Morgan fingerprint density at radius 3 is 2.69 bits per heavy atom. The molecule has 1 atom stereocenters. The third-order valence-electron chi connectivity index (χ3n) is 3.61. The Morgan fingerprint density at radius 1 is 1.38 bits per heavy atom. The molecule has 0 aromatic heterocycles. The van der Waals surface area contributed by atoms with Crippen LogP contribution in [0.4, 0.5) is 0 Å². The van der Waals surface area contributed by atoms with Crippen molar-refractivity contribution in [1.29, 1.82) is 0 Å². The first-order valence-electron chi connectivity index (χ1n) is 6.37. The Balaban J connectivity index is 1.54. The average molecular weight is 228 g/mol. The van der Waals surface area contributed by atoms with Gasteiger partial charge in [0.05, 0.1) is 19.3 Å². The van der Waals surface area contributed by atoms with Crippen molar-refractivity contribution in [3.63, 3.8) is 0 Å². The summed E-state index contributed by atoms with van der Waals surface area (Å²) in [5.74, 6) is 0. The molecule has 0 amide bonds. The van der Waals surface area contributed by atoms with Gasteiger partial charge in [-0.25, -0.2) is 0 Å². The Hall–Kier alpha value is -0.160. The van der Waals surface area contributed by atoms with Gasteiger partial charge in [0.15, 0.2) is 0 Å². The first-order chi connectivity index (χ1) is 7.68. The fourth-order valence-corrected chi connectivity index (χ4v) is 2.08. The number of hydrogen-bond donors (Lipinski definition) is 2. The van der Waals surface area contributed by atoms with E-state index < -0.39 is 0 Å². The molecule has 2 aliphatic rings. The molecule has 2 N–H and O–H groups in total. The minimum atomic E-state index is -0.250. The maximum absolute atomic E-state index is 9.87. The number of hydrogen-bond acceptors (Lipinski definition) is 4. The number of rotatable bonds is 6. The molecule has 1 aliphatic heterocycles. The molecule has 2 fully saturated rings. The molecule has 1 heterocycles. The Labute approximate surface area is 98.0 Å². The molecule has 0 bridgehead atoms. The lowest BCUT2D eigenvalue weighted by Crippen LogP contribution is -2.44. The van der Waals surface area contributed by atoms with Crippen molar-refractivity contribution in [3.05, 3.63) is 0 Å². The largest absolute Gasteiger partial charge is 0.390 e. The second kappa shape index (κ2) is 5.45. The van der Waals surface area contributed by atoms with Gasteiger partial charge in [-0.05, 0) is 18.3 Å². The molecule has 94 valence electrons. The van der Waals surface area contributed by atoms with E-state index in [2.05, 4.69) is 17.1 Å². The lowest BCUT2D eigenvalue weighted by atomic mass is 10.1. The highest BCUT2D eigenvalue weighted by Crippen LogP contribution is 2.43. The zero-order valence-electron chi connectivity index (χ0n) is 10.2. The maximum atomic E-state index is 9.87.